The number of carboxylic acids is 1. The van der Waals surface area contributed by atoms with Gasteiger partial charge in [0.25, 0.3) is 0 Å². The van der Waals surface area contributed by atoms with E-state index in [1.54, 1.807) is 85.0 Å². The van der Waals surface area contributed by atoms with Crippen molar-refractivity contribution in [3.63, 3.8) is 0 Å². The summed E-state index contributed by atoms with van der Waals surface area (Å²) in [6.07, 6.45) is 2.69. The molecule has 6 atom stereocenters. The van der Waals surface area contributed by atoms with E-state index in [9.17, 15) is 38.7 Å². The molecule has 1 fully saturated rings. The molecule has 1 aromatic heterocycles. The molecule has 0 radical (unpaired) electrons. The zero-order valence-electron chi connectivity index (χ0n) is 42.6. The van der Waals surface area contributed by atoms with E-state index in [0.717, 1.165) is 22.0 Å². The Morgan fingerprint density at radius 1 is 0.667 bits per heavy atom. The average Bonchev–Trinajstić information content (AvgIpc) is 3.97. The van der Waals surface area contributed by atoms with Gasteiger partial charge in [-0.15, -0.1) is 0 Å². The zero-order chi connectivity index (χ0) is 52.6. The number of hydrogen-bond donors (Lipinski definition) is 9. The van der Waals surface area contributed by atoms with E-state index in [4.69, 9.17) is 15.2 Å². The number of aromatic nitrogens is 1. The van der Waals surface area contributed by atoms with E-state index in [0.29, 0.717) is 31.2 Å². The number of carbonyl (C=O) groups excluding carboxylic acids is 6. The number of hydrogen-bond acceptors (Lipinski definition) is 10. The maximum absolute atomic E-state index is 14.8. The lowest BCUT2D eigenvalue weighted by atomic mass is 9.96. The Labute approximate surface area is 422 Å². The Kier molecular flexibility index (Phi) is 19.9. The molecule has 1 aliphatic rings. The predicted molar refractivity (Wildman–Crippen MR) is 273 cm³/mol. The minimum atomic E-state index is -1.50. The number of unbranched alkanes of at least 4 members (excludes halogenated alkanes) is 1. The van der Waals surface area contributed by atoms with Gasteiger partial charge in [-0.05, 0) is 110 Å². The Bertz CT molecular complexity index is 2460. The van der Waals surface area contributed by atoms with E-state index in [2.05, 4.69) is 36.9 Å². The van der Waals surface area contributed by atoms with Crippen LogP contribution in [0.2, 0.25) is 0 Å². The highest BCUT2D eigenvalue weighted by molar-refractivity contribution is 5.97. The topological polar surface area (TPSA) is 272 Å². The third-order valence-corrected chi connectivity index (χ3v) is 12.3. The number of aliphatic carboxylic acids is 1. The standard InChI is InChI=1S/C54H74N8O10/c1-34(71-52(2,3)4)44(49(67)60-42(31-36-22-12-9-13-23-36)48(66)62-54(50(68)69)27-17-18-28-54)61-46(64)41(26-16-19-29-56-51(70)72-53(5,6)7)58-47(65)43(32-37-33-57-40-25-15-14-24-38(37)40)59-45(63)39(55)30-35-20-10-8-11-21-35/h8-15,20-25,33-34,39,41-44,57H,16-19,26-32,55H2,1-7H3,(H,56,70)(H,58,65)(H,59,63)(H,60,67)(H,61,64)(H,62,66)(H,68,69). The molecule has 18 heteroatoms. The number of carbonyl (C=O) groups is 7. The molecule has 72 heavy (non-hydrogen) atoms. The number of para-hydroxylation sites is 1. The van der Waals surface area contributed by atoms with Crippen molar-refractivity contribution < 1.29 is 48.1 Å². The first-order chi connectivity index (χ1) is 34.0. The van der Waals surface area contributed by atoms with Crippen molar-refractivity contribution in [2.45, 2.75) is 166 Å². The van der Waals surface area contributed by atoms with Gasteiger partial charge in [-0.3, -0.25) is 24.0 Å². The summed E-state index contributed by atoms with van der Waals surface area (Å²) in [4.78, 5) is 100. The lowest BCUT2D eigenvalue weighted by Crippen LogP contribution is -2.63. The number of nitrogens with two attached hydrogens (primary N) is 1. The van der Waals surface area contributed by atoms with Crippen LogP contribution in [0, 0.1) is 0 Å². The van der Waals surface area contributed by atoms with E-state index in [-0.39, 0.29) is 45.1 Å². The van der Waals surface area contributed by atoms with Crippen LogP contribution >= 0.6 is 0 Å². The van der Waals surface area contributed by atoms with Gasteiger partial charge in [0.2, 0.25) is 29.5 Å². The molecule has 390 valence electrons. The summed E-state index contributed by atoms with van der Waals surface area (Å²) in [5.74, 6) is -4.73. The summed E-state index contributed by atoms with van der Waals surface area (Å²) in [6.45, 7) is 12.4. The molecule has 1 aliphatic carbocycles. The van der Waals surface area contributed by atoms with Crippen molar-refractivity contribution in [3.05, 3.63) is 108 Å². The molecule has 4 aromatic rings. The third-order valence-electron chi connectivity index (χ3n) is 12.3. The fourth-order valence-corrected chi connectivity index (χ4v) is 8.78. The van der Waals surface area contributed by atoms with Gasteiger partial charge >= 0.3 is 12.1 Å². The zero-order valence-corrected chi connectivity index (χ0v) is 42.6. The summed E-state index contributed by atoms with van der Waals surface area (Å²) < 4.78 is 11.6. The van der Waals surface area contributed by atoms with Gasteiger partial charge in [0.15, 0.2) is 0 Å². The lowest BCUT2D eigenvalue weighted by Gasteiger charge is -2.33. The number of amides is 6. The Morgan fingerprint density at radius 3 is 1.83 bits per heavy atom. The number of benzene rings is 3. The number of carboxylic acid groups (broad SMARTS) is 1. The van der Waals surface area contributed by atoms with Gasteiger partial charge in [0.1, 0.15) is 35.3 Å². The van der Waals surface area contributed by atoms with E-state index in [1.807, 2.05) is 54.6 Å². The Balaban J connectivity index is 1.44. The molecule has 18 nitrogen and oxygen atoms in total. The molecular formula is C54H74N8O10. The van der Waals surface area contributed by atoms with E-state index >= 15 is 0 Å². The molecule has 5 rings (SSSR count). The minimum absolute atomic E-state index is 0.00214. The maximum atomic E-state index is 14.8. The van der Waals surface area contributed by atoms with Crippen molar-refractivity contribution in [2.24, 2.45) is 5.73 Å². The van der Waals surface area contributed by atoms with Crippen LogP contribution in [0.1, 0.15) is 110 Å². The molecule has 1 saturated carbocycles. The van der Waals surface area contributed by atoms with Crippen molar-refractivity contribution >= 4 is 52.5 Å². The first-order valence-electron chi connectivity index (χ1n) is 24.8. The van der Waals surface area contributed by atoms with Crippen LogP contribution in [0.15, 0.2) is 91.1 Å². The van der Waals surface area contributed by atoms with Crippen molar-refractivity contribution in [1.29, 1.82) is 0 Å². The molecule has 6 amide bonds. The smallest absolute Gasteiger partial charge is 0.407 e. The third kappa shape index (κ3) is 17.2. The molecule has 0 saturated heterocycles. The highest BCUT2D eigenvalue weighted by atomic mass is 16.6. The molecular weight excluding hydrogens is 921 g/mol. The van der Waals surface area contributed by atoms with Gasteiger partial charge in [0.05, 0.1) is 17.7 Å². The van der Waals surface area contributed by atoms with Crippen molar-refractivity contribution in [2.75, 3.05) is 6.54 Å². The van der Waals surface area contributed by atoms with Crippen LogP contribution in [0.4, 0.5) is 4.79 Å². The summed E-state index contributed by atoms with van der Waals surface area (Å²) in [5.41, 5.74) is 6.43. The largest absolute Gasteiger partial charge is 0.480 e. The molecule has 1 heterocycles. The summed E-state index contributed by atoms with van der Waals surface area (Å²) in [5, 5.41) is 27.8. The van der Waals surface area contributed by atoms with Crippen molar-refractivity contribution in [1.82, 2.24) is 36.9 Å². The molecule has 0 spiro atoms. The number of rotatable bonds is 24. The van der Waals surface area contributed by atoms with Crippen LogP contribution in [0.3, 0.4) is 0 Å². The summed E-state index contributed by atoms with van der Waals surface area (Å²) in [7, 11) is 0. The van der Waals surface area contributed by atoms with E-state index in [1.165, 1.54) is 0 Å². The molecule has 0 bridgehead atoms. The number of alkyl carbamates (subject to hydrolysis) is 1. The van der Waals surface area contributed by atoms with Gasteiger partial charge in [-0.1, -0.05) is 91.7 Å². The summed E-state index contributed by atoms with van der Waals surface area (Å²) in [6, 6.07) is 19.4. The van der Waals surface area contributed by atoms with Crippen molar-refractivity contribution in [3.8, 4) is 0 Å². The quantitative estimate of drug-likeness (QED) is 0.0427. The fourth-order valence-electron chi connectivity index (χ4n) is 8.78. The number of nitrogens with one attached hydrogen (secondary N) is 7. The monoisotopic (exact) mass is 995 g/mol. The molecule has 3 aromatic carbocycles. The normalized spacial score (nSPS) is 15.9. The van der Waals surface area contributed by atoms with Gasteiger partial charge in [-0.2, -0.15) is 0 Å². The van der Waals surface area contributed by atoms with E-state index < -0.39 is 94.7 Å². The van der Waals surface area contributed by atoms with Crippen LogP contribution in [0.25, 0.3) is 10.9 Å². The van der Waals surface area contributed by atoms with Crippen LogP contribution in [-0.4, -0.2) is 111 Å². The highest BCUT2D eigenvalue weighted by Gasteiger charge is 2.44. The van der Waals surface area contributed by atoms with Gasteiger partial charge in [-0.25, -0.2) is 9.59 Å². The van der Waals surface area contributed by atoms with Crippen LogP contribution in [-0.2, 0) is 57.5 Å². The minimum Gasteiger partial charge on any atom is -0.480 e. The van der Waals surface area contributed by atoms with Crippen LogP contribution in [0.5, 0.6) is 0 Å². The fraction of sp³-hybridized carbons (Fsp3) is 0.500. The first-order valence-corrected chi connectivity index (χ1v) is 24.8. The molecule has 10 N–H and O–H groups in total. The number of H-pyrrole nitrogens is 1. The predicted octanol–water partition coefficient (Wildman–Crippen LogP) is 4.87. The van der Waals surface area contributed by atoms with Gasteiger partial charge < -0.3 is 57.2 Å². The highest BCUT2D eigenvalue weighted by Crippen LogP contribution is 2.30. The average molecular weight is 995 g/mol. The second kappa shape index (κ2) is 25.5. The SMILES string of the molecule is CC(OC(C)(C)C)C(NC(=O)C(CCCCNC(=O)OC(C)(C)C)NC(=O)C(Cc1c[nH]c2ccccc12)NC(=O)C(N)Cc1ccccc1)C(=O)NC(Cc1ccccc1)C(=O)NC1(C(=O)O)CCCC1. The Morgan fingerprint density at radius 2 is 1.22 bits per heavy atom. The first kappa shape index (κ1) is 56.1. The lowest BCUT2D eigenvalue weighted by molar-refractivity contribution is -0.148. The number of ether oxygens (including phenoxy) is 2. The molecule has 0 aliphatic heterocycles. The second-order valence-corrected chi connectivity index (χ2v) is 20.7. The molecule has 6 unspecified atom stereocenters. The Hall–Kier alpha value is -6.79. The second-order valence-electron chi connectivity index (χ2n) is 20.7. The van der Waals surface area contributed by atoms with Gasteiger partial charge in [0, 0.05) is 36.5 Å². The number of aromatic amines is 1. The summed E-state index contributed by atoms with van der Waals surface area (Å²) >= 11 is 0. The maximum Gasteiger partial charge on any atom is 0.407 e. The number of fused-ring (bicyclic) bond motifs is 1. The van der Waals surface area contributed by atoms with Crippen LogP contribution < -0.4 is 37.6 Å².